The first-order chi connectivity index (χ1) is 8.59. The molecule has 1 heterocycles. The van der Waals surface area contributed by atoms with Crippen molar-refractivity contribution >= 4 is 0 Å². The Morgan fingerprint density at radius 3 is 2.44 bits per heavy atom. The van der Waals surface area contributed by atoms with Crippen molar-refractivity contribution in [1.82, 2.24) is 4.90 Å². The fraction of sp³-hybridized carbons (Fsp3) is 0.733. The molecule has 1 aromatic heterocycles. The van der Waals surface area contributed by atoms with Crippen LogP contribution in [-0.2, 0) is 0 Å². The van der Waals surface area contributed by atoms with E-state index in [1.165, 1.54) is 32.1 Å². The third-order valence-corrected chi connectivity index (χ3v) is 4.14. The van der Waals surface area contributed by atoms with Gasteiger partial charge in [0.1, 0.15) is 11.5 Å². The van der Waals surface area contributed by atoms with Gasteiger partial charge < -0.3 is 10.2 Å². The molecule has 2 N–H and O–H groups in total. The van der Waals surface area contributed by atoms with E-state index < -0.39 is 0 Å². The van der Waals surface area contributed by atoms with Crippen molar-refractivity contribution in [3.63, 3.8) is 0 Å². The third-order valence-electron chi connectivity index (χ3n) is 4.14. The maximum Gasteiger partial charge on any atom is 0.122 e. The van der Waals surface area contributed by atoms with Crippen LogP contribution >= 0.6 is 0 Å². The van der Waals surface area contributed by atoms with Gasteiger partial charge in [0.2, 0.25) is 0 Å². The minimum Gasteiger partial charge on any atom is -0.465 e. The number of furan rings is 1. The van der Waals surface area contributed by atoms with Crippen molar-refractivity contribution in [2.45, 2.75) is 64.1 Å². The lowest BCUT2D eigenvalue weighted by Gasteiger charge is -2.38. The van der Waals surface area contributed by atoms with Crippen LogP contribution in [0.3, 0.4) is 0 Å². The molecular weight excluding hydrogens is 224 g/mol. The van der Waals surface area contributed by atoms with Gasteiger partial charge in [-0.25, -0.2) is 0 Å². The van der Waals surface area contributed by atoms with Gasteiger partial charge in [-0.2, -0.15) is 0 Å². The van der Waals surface area contributed by atoms with Crippen LogP contribution < -0.4 is 5.73 Å². The molecule has 3 heteroatoms. The molecule has 2 unspecified atom stereocenters. The van der Waals surface area contributed by atoms with Crippen molar-refractivity contribution in [3.8, 4) is 0 Å². The first-order valence-corrected chi connectivity index (χ1v) is 7.13. The number of nitrogens with zero attached hydrogens (tertiary/aromatic N) is 1. The summed E-state index contributed by atoms with van der Waals surface area (Å²) < 4.78 is 5.80. The second kappa shape index (κ2) is 5.89. The smallest absolute Gasteiger partial charge is 0.122 e. The van der Waals surface area contributed by atoms with Crippen LogP contribution in [0.15, 0.2) is 16.5 Å². The van der Waals surface area contributed by atoms with Crippen molar-refractivity contribution in [2.24, 2.45) is 5.73 Å². The molecule has 0 radical (unpaired) electrons. The first-order valence-electron chi connectivity index (χ1n) is 7.13. The van der Waals surface area contributed by atoms with E-state index in [-0.39, 0.29) is 12.1 Å². The highest BCUT2D eigenvalue weighted by Crippen LogP contribution is 2.31. The van der Waals surface area contributed by atoms with E-state index in [1.807, 2.05) is 13.0 Å². The van der Waals surface area contributed by atoms with E-state index in [1.54, 1.807) is 0 Å². The van der Waals surface area contributed by atoms with E-state index in [4.69, 9.17) is 10.2 Å². The second-order valence-electron chi connectivity index (χ2n) is 5.71. The zero-order valence-corrected chi connectivity index (χ0v) is 11.9. The molecule has 1 aliphatic rings. The Morgan fingerprint density at radius 2 is 1.94 bits per heavy atom. The summed E-state index contributed by atoms with van der Waals surface area (Å²) in [6.45, 7) is 4.06. The molecule has 102 valence electrons. The molecule has 2 atom stereocenters. The topological polar surface area (TPSA) is 42.4 Å². The fourth-order valence-electron chi connectivity index (χ4n) is 3.16. The fourth-order valence-corrected chi connectivity index (χ4v) is 3.16. The van der Waals surface area contributed by atoms with Crippen molar-refractivity contribution < 1.29 is 4.42 Å². The molecule has 0 aromatic carbocycles. The summed E-state index contributed by atoms with van der Waals surface area (Å²) in [4.78, 5) is 2.43. The monoisotopic (exact) mass is 250 g/mol. The van der Waals surface area contributed by atoms with Gasteiger partial charge in [-0.05, 0) is 45.9 Å². The molecule has 2 rings (SSSR count). The number of rotatable bonds is 4. The maximum absolute atomic E-state index is 6.18. The summed E-state index contributed by atoms with van der Waals surface area (Å²) in [6.07, 6.45) is 6.65. The van der Waals surface area contributed by atoms with Gasteiger partial charge in [-0.15, -0.1) is 0 Å². The summed E-state index contributed by atoms with van der Waals surface area (Å²) in [7, 11) is 2.20. The van der Waals surface area contributed by atoms with E-state index in [0.29, 0.717) is 6.04 Å². The number of nitrogens with two attached hydrogens (primary N) is 1. The zero-order valence-electron chi connectivity index (χ0n) is 11.9. The lowest BCUT2D eigenvalue weighted by Crippen LogP contribution is -2.43. The molecular formula is C15H26N2O. The second-order valence-corrected chi connectivity index (χ2v) is 5.71. The standard InChI is InChI=1S/C15H26N2O/c1-11-9-10-14(18-11)15(12(2)16)17(3)13-7-5-4-6-8-13/h9-10,12-13,15H,4-8,16H2,1-3H3. The highest BCUT2D eigenvalue weighted by molar-refractivity contribution is 5.12. The number of hydrogen-bond acceptors (Lipinski definition) is 3. The van der Waals surface area contributed by atoms with Gasteiger partial charge in [0, 0.05) is 12.1 Å². The minimum absolute atomic E-state index is 0.0856. The lowest BCUT2D eigenvalue weighted by molar-refractivity contribution is 0.108. The normalized spacial score (nSPS) is 21.2. The van der Waals surface area contributed by atoms with Crippen molar-refractivity contribution in [1.29, 1.82) is 0 Å². The quantitative estimate of drug-likeness (QED) is 0.892. The Morgan fingerprint density at radius 1 is 1.28 bits per heavy atom. The zero-order chi connectivity index (χ0) is 13.1. The Kier molecular flexibility index (Phi) is 4.46. The van der Waals surface area contributed by atoms with E-state index in [2.05, 4.69) is 24.9 Å². The van der Waals surface area contributed by atoms with E-state index in [0.717, 1.165) is 11.5 Å². The molecule has 1 saturated carbocycles. The molecule has 3 nitrogen and oxygen atoms in total. The molecule has 0 aliphatic heterocycles. The highest BCUT2D eigenvalue weighted by atomic mass is 16.3. The summed E-state index contributed by atoms with van der Waals surface area (Å²) in [5.74, 6) is 1.98. The first kappa shape index (κ1) is 13.6. The summed E-state index contributed by atoms with van der Waals surface area (Å²) in [6, 6.07) is 5.03. The van der Waals surface area contributed by atoms with Crippen LogP contribution in [0.1, 0.15) is 56.6 Å². The predicted molar refractivity (Wildman–Crippen MR) is 74.5 cm³/mol. The summed E-state index contributed by atoms with van der Waals surface area (Å²) in [5.41, 5.74) is 6.18. The lowest BCUT2D eigenvalue weighted by atomic mass is 9.92. The predicted octanol–water partition coefficient (Wildman–Crippen LogP) is 3.24. The Hall–Kier alpha value is -0.800. The van der Waals surface area contributed by atoms with Crippen LogP contribution in [-0.4, -0.2) is 24.0 Å². The van der Waals surface area contributed by atoms with Gasteiger partial charge in [0.15, 0.2) is 0 Å². The number of likely N-dealkylation sites (N-methyl/N-ethyl adjacent to an activating group) is 1. The van der Waals surface area contributed by atoms with Crippen LogP contribution in [0.2, 0.25) is 0 Å². The largest absolute Gasteiger partial charge is 0.465 e. The van der Waals surface area contributed by atoms with Gasteiger partial charge in [0.25, 0.3) is 0 Å². The van der Waals surface area contributed by atoms with Gasteiger partial charge >= 0.3 is 0 Å². The van der Waals surface area contributed by atoms with Crippen LogP contribution in [0, 0.1) is 6.92 Å². The van der Waals surface area contributed by atoms with Crippen LogP contribution in [0.5, 0.6) is 0 Å². The Labute approximate surface area is 110 Å². The van der Waals surface area contributed by atoms with Gasteiger partial charge in [-0.3, -0.25) is 4.90 Å². The average molecular weight is 250 g/mol. The Bertz CT molecular complexity index is 366. The number of hydrogen-bond donors (Lipinski definition) is 1. The minimum atomic E-state index is 0.0856. The Balaban J connectivity index is 2.13. The number of aryl methyl sites for hydroxylation is 1. The van der Waals surface area contributed by atoms with Crippen LogP contribution in [0.25, 0.3) is 0 Å². The molecule has 1 aromatic rings. The average Bonchev–Trinajstić information content (AvgIpc) is 2.76. The molecule has 1 fully saturated rings. The highest BCUT2D eigenvalue weighted by Gasteiger charge is 2.29. The van der Waals surface area contributed by atoms with Gasteiger partial charge in [0.05, 0.1) is 6.04 Å². The summed E-state index contributed by atoms with van der Waals surface area (Å²) >= 11 is 0. The van der Waals surface area contributed by atoms with Crippen molar-refractivity contribution in [2.75, 3.05) is 7.05 Å². The SMILES string of the molecule is Cc1ccc(C(C(C)N)N(C)C2CCCCC2)o1. The van der Waals surface area contributed by atoms with Gasteiger partial charge in [-0.1, -0.05) is 19.3 Å². The van der Waals surface area contributed by atoms with Crippen molar-refractivity contribution in [3.05, 3.63) is 23.7 Å². The molecule has 18 heavy (non-hydrogen) atoms. The molecule has 0 saturated heterocycles. The third kappa shape index (κ3) is 2.96. The molecule has 0 amide bonds. The van der Waals surface area contributed by atoms with Crippen LogP contribution in [0.4, 0.5) is 0 Å². The molecule has 1 aliphatic carbocycles. The maximum atomic E-state index is 6.18. The summed E-state index contributed by atoms with van der Waals surface area (Å²) in [5, 5.41) is 0. The molecule has 0 bridgehead atoms. The molecule has 0 spiro atoms. The van der Waals surface area contributed by atoms with E-state index in [9.17, 15) is 0 Å². The van der Waals surface area contributed by atoms with E-state index >= 15 is 0 Å².